The highest BCUT2D eigenvalue weighted by Gasteiger charge is 2.31. The molecule has 94 valence electrons. The van der Waals surface area contributed by atoms with E-state index in [1.807, 2.05) is 6.92 Å². The van der Waals surface area contributed by atoms with Gasteiger partial charge in [-0.15, -0.1) is 0 Å². The molecule has 1 heterocycles. The minimum atomic E-state index is -3.13. The lowest BCUT2D eigenvalue weighted by atomic mass is 10.1. The van der Waals surface area contributed by atoms with Crippen molar-refractivity contribution in [1.29, 1.82) is 0 Å². The number of anilines is 1. The van der Waals surface area contributed by atoms with Gasteiger partial charge < -0.3 is 10.0 Å². The van der Waals surface area contributed by atoms with Crippen LogP contribution < -0.4 is 4.90 Å². The third-order valence-electron chi connectivity index (χ3n) is 3.08. The Bertz CT molecular complexity index is 505. The molecule has 0 bridgehead atoms. The average Bonchev–Trinajstić information content (AvgIpc) is 2.58. The second-order valence-corrected chi connectivity index (χ2v) is 6.95. The Hall–Kier alpha value is -1.07. The second kappa shape index (κ2) is 3.99. The maximum atomic E-state index is 11.3. The molecule has 0 aromatic heterocycles. The summed E-state index contributed by atoms with van der Waals surface area (Å²) in [5, 5.41) is 9.87. The summed E-state index contributed by atoms with van der Waals surface area (Å²) in [5.74, 6) is 0. The number of hydrogen-bond acceptors (Lipinski definition) is 4. The van der Waals surface area contributed by atoms with Crippen LogP contribution >= 0.6 is 0 Å². The van der Waals surface area contributed by atoms with Gasteiger partial charge in [0.1, 0.15) is 0 Å². The van der Waals surface area contributed by atoms with E-state index in [9.17, 15) is 13.5 Å². The van der Waals surface area contributed by atoms with Crippen molar-refractivity contribution in [3.8, 4) is 0 Å². The first-order chi connectivity index (χ1) is 7.78. The number of nitrogens with zero attached hydrogens (tertiary/aromatic N) is 1. The summed E-state index contributed by atoms with van der Waals surface area (Å²) >= 11 is 0. The van der Waals surface area contributed by atoms with Gasteiger partial charge in [-0.05, 0) is 37.6 Å². The lowest BCUT2D eigenvalue weighted by Crippen LogP contribution is -2.29. The van der Waals surface area contributed by atoms with E-state index in [4.69, 9.17) is 0 Å². The van der Waals surface area contributed by atoms with Crippen molar-refractivity contribution >= 4 is 15.5 Å². The minimum Gasteiger partial charge on any atom is -0.388 e. The molecule has 1 aliphatic heterocycles. The molecule has 1 aliphatic rings. The third kappa shape index (κ3) is 2.79. The van der Waals surface area contributed by atoms with E-state index in [0.29, 0.717) is 11.4 Å². The molecule has 4 nitrogen and oxygen atoms in total. The molecule has 0 aliphatic carbocycles. The summed E-state index contributed by atoms with van der Waals surface area (Å²) in [6.45, 7) is 3.20. The van der Waals surface area contributed by atoms with Gasteiger partial charge in [-0.3, -0.25) is 0 Å². The van der Waals surface area contributed by atoms with Crippen LogP contribution in [0.3, 0.4) is 0 Å². The van der Waals surface area contributed by atoms with E-state index in [1.54, 1.807) is 24.3 Å². The molecular formula is C12H17NO3S. The van der Waals surface area contributed by atoms with Crippen molar-refractivity contribution in [3.63, 3.8) is 0 Å². The van der Waals surface area contributed by atoms with Crippen LogP contribution in [-0.2, 0) is 9.84 Å². The van der Waals surface area contributed by atoms with Gasteiger partial charge in [0.05, 0.1) is 10.5 Å². The average molecular weight is 255 g/mol. The first-order valence-electron chi connectivity index (χ1n) is 5.55. The molecule has 5 heteroatoms. The van der Waals surface area contributed by atoms with Crippen molar-refractivity contribution in [1.82, 2.24) is 0 Å². The smallest absolute Gasteiger partial charge is 0.175 e. The molecule has 2 rings (SSSR count). The highest BCUT2D eigenvalue weighted by molar-refractivity contribution is 7.90. The van der Waals surface area contributed by atoms with Crippen LogP contribution in [0, 0.1) is 0 Å². The highest BCUT2D eigenvalue weighted by Crippen LogP contribution is 2.27. The lowest BCUT2D eigenvalue weighted by Gasteiger charge is -2.20. The van der Waals surface area contributed by atoms with Gasteiger partial charge in [0.25, 0.3) is 0 Å². The zero-order valence-corrected chi connectivity index (χ0v) is 10.9. The maximum absolute atomic E-state index is 11.3. The van der Waals surface area contributed by atoms with Gasteiger partial charge in [0.15, 0.2) is 9.84 Å². The Kier molecular flexibility index (Phi) is 2.91. The van der Waals surface area contributed by atoms with Crippen LogP contribution in [0.1, 0.15) is 13.3 Å². The molecule has 1 fully saturated rings. The summed E-state index contributed by atoms with van der Waals surface area (Å²) in [6.07, 6.45) is 1.93. The zero-order chi connectivity index (χ0) is 12.7. The molecule has 1 saturated heterocycles. The number of rotatable bonds is 2. The maximum Gasteiger partial charge on any atom is 0.175 e. The first kappa shape index (κ1) is 12.4. The van der Waals surface area contributed by atoms with Crippen molar-refractivity contribution in [2.45, 2.75) is 23.8 Å². The predicted molar refractivity (Wildman–Crippen MR) is 67.0 cm³/mol. The Labute approximate surface area is 102 Å². The minimum absolute atomic E-state index is 0.326. The normalized spacial score (nSPS) is 25.2. The molecule has 1 aromatic carbocycles. The highest BCUT2D eigenvalue weighted by atomic mass is 32.2. The Balaban J connectivity index is 2.20. The number of sulfone groups is 1. The van der Waals surface area contributed by atoms with E-state index in [1.165, 1.54) is 6.26 Å². The molecule has 0 amide bonds. The van der Waals surface area contributed by atoms with Gasteiger partial charge in [0.2, 0.25) is 0 Å². The number of aliphatic hydroxyl groups is 1. The van der Waals surface area contributed by atoms with Crippen molar-refractivity contribution in [2.75, 3.05) is 24.2 Å². The molecule has 0 radical (unpaired) electrons. The standard InChI is InChI=1S/C12H17NO3S/c1-12(14)7-8-13(9-12)10-3-5-11(6-4-10)17(2,15)16/h3-6,14H,7-9H2,1-2H3. The van der Waals surface area contributed by atoms with Crippen LogP contribution in [-0.4, -0.2) is 38.5 Å². The van der Waals surface area contributed by atoms with E-state index >= 15 is 0 Å². The number of hydrogen-bond donors (Lipinski definition) is 1. The Morgan fingerprint density at radius 2 is 1.88 bits per heavy atom. The monoisotopic (exact) mass is 255 g/mol. The predicted octanol–water partition coefficient (Wildman–Crippen LogP) is 1.05. The molecule has 0 spiro atoms. The van der Waals surface area contributed by atoms with E-state index in [0.717, 1.165) is 18.7 Å². The van der Waals surface area contributed by atoms with Gasteiger partial charge in [-0.1, -0.05) is 0 Å². The molecule has 1 atom stereocenters. The van der Waals surface area contributed by atoms with E-state index in [-0.39, 0.29) is 0 Å². The number of benzene rings is 1. The topological polar surface area (TPSA) is 57.6 Å². The largest absolute Gasteiger partial charge is 0.388 e. The fraction of sp³-hybridized carbons (Fsp3) is 0.500. The van der Waals surface area contributed by atoms with Crippen molar-refractivity contribution in [2.24, 2.45) is 0 Å². The summed E-state index contributed by atoms with van der Waals surface area (Å²) in [4.78, 5) is 2.39. The fourth-order valence-electron chi connectivity index (χ4n) is 2.07. The Morgan fingerprint density at radius 1 is 1.29 bits per heavy atom. The van der Waals surface area contributed by atoms with Gasteiger partial charge in [-0.2, -0.15) is 0 Å². The van der Waals surface area contributed by atoms with Crippen LogP contribution in [0.5, 0.6) is 0 Å². The van der Waals surface area contributed by atoms with Gasteiger partial charge in [-0.25, -0.2) is 8.42 Å². The summed E-state index contributed by atoms with van der Waals surface area (Å²) in [6, 6.07) is 6.80. The Morgan fingerprint density at radius 3 is 2.29 bits per heavy atom. The summed E-state index contributed by atoms with van der Waals surface area (Å²) in [5.41, 5.74) is 0.311. The molecule has 1 N–H and O–H groups in total. The zero-order valence-electron chi connectivity index (χ0n) is 10.0. The second-order valence-electron chi connectivity index (χ2n) is 4.93. The van der Waals surface area contributed by atoms with Crippen LogP contribution in [0.4, 0.5) is 5.69 Å². The SMILES string of the molecule is CC1(O)CCN(c2ccc(S(C)(=O)=O)cc2)C1. The summed E-state index contributed by atoms with van der Waals surface area (Å²) < 4.78 is 22.6. The molecule has 17 heavy (non-hydrogen) atoms. The van der Waals surface area contributed by atoms with Crippen molar-refractivity contribution < 1.29 is 13.5 Å². The van der Waals surface area contributed by atoms with Crippen LogP contribution in [0.25, 0.3) is 0 Å². The molecule has 1 unspecified atom stereocenters. The lowest BCUT2D eigenvalue weighted by molar-refractivity contribution is 0.0839. The van der Waals surface area contributed by atoms with Gasteiger partial charge >= 0.3 is 0 Å². The third-order valence-corrected chi connectivity index (χ3v) is 4.21. The van der Waals surface area contributed by atoms with Crippen molar-refractivity contribution in [3.05, 3.63) is 24.3 Å². The van der Waals surface area contributed by atoms with E-state index < -0.39 is 15.4 Å². The van der Waals surface area contributed by atoms with Gasteiger partial charge in [0, 0.05) is 25.0 Å². The first-order valence-corrected chi connectivity index (χ1v) is 7.45. The van der Waals surface area contributed by atoms with Crippen LogP contribution in [0.2, 0.25) is 0 Å². The van der Waals surface area contributed by atoms with Crippen LogP contribution in [0.15, 0.2) is 29.2 Å². The number of β-amino-alcohol motifs (C(OH)–C–C–N with tert-alkyl or cyclic N) is 1. The molecule has 1 aromatic rings. The molecule has 0 saturated carbocycles. The summed E-state index contributed by atoms with van der Waals surface area (Å²) in [7, 11) is -3.13. The fourth-order valence-corrected chi connectivity index (χ4v) is 2.70. The quantitative estimate of drug-likeness (QED) is 0.858. The van der Waals surface area contributed by atoms with E-state index in [2.05, 4.69) is 4.90 Å². The molecular weight excluding hydrogens is 238 g/mol.